The summed E-state index contributed by atoms with van der Waals surface area (Å²) < 4.78 is 10.9. The lowest BCUT2D eigenvalue weighted by atomic mass is 9.99. The van der Waals surface area contributed by atoms with E-state index < -0.39 is 37.3 Å². The van der Waals surface area contributed by atoms with E-state index in [0.717, 1.165) is 25.7 Å². The van der Waals surface area contributed by atoms with E-state index in [-0.39, 0.29) is 5.91 Å². The maximum atomic E-state index is 12.2. The van der Waals surface area contributed by atoms with Crippen molar-refractivity contribution in [3.63, 3.8) is 0 Å². The highest BCUT2D eigenvalue weighted by Crippen LogP contribution is 2.25. The number of amides is 1. The van der Waals surface area contributed by atoms with E-state index in [1.807, 2.05) is 0 Å². The molecule has 0 aromatic heterocycles. The van der Waals surface area contributed by atoms with Gasteiger partial charge in [-0.25, -0.2) is 0 Å². The van der Waals surface area contributed by atoms with E-state index in [4.69, 9.17) is 9.47 Å². The van der Waals surface area contributed by atoms with Crippen LogP contribution in [-0.4, -0.2) is 63.6 Å². The molecule has 0 bridgehead atoms. The molecule has 8 nitrogen and oxygen atoms in total. The van der Waals surface area contributed by atoms with E-state index in [9.17, 15) is 25.2 Å². The van der Waals surface area contributed by atoms with Crippen molar-refractivity contribution in [3.05, 3.63) is 36.4 Å². The molecule has 1 aliphatic rings. The summed E-state index contributed by atoms with van der Waals surface area (Å²) in [5.74, 6) is 0.315. The molecule has 0 saturated carbocycles. The largest absolute Gasteiger partial charge is 0.462 e. The van der Waals surface area contributed by atoms with E-state index >= 15 is 0 Å². The van der Waals surface area contributed by atoms with Crippen molar-refractivity contribution in [3.8, 4) is 5.75 Å². The number of rotatable bonds is 19. The predicted octanol–water partition coefficient (Wildman–Crippen LogP) is 4.84. The zero-order valence-electron chi connectivity index (χ0n) is 23.0. The number of benzene rings is 1. The van der Waals surface area contributed by atoms with Gasteiger partial charge in [-0.1, -0.05) is 70.4 Å². The highest BCUT2D eigenvalue weighted by molar-refractivity contribution is 5.90. The van der Waals surface area contributed by atoms with Gasteiger partial charge in [0.1, 0.15) is 30.2 Å². The van der Waals surface area contributed by atoms with E-state index in [1.54, 1.807) is 24.3 Å². The Morgan fingerprint density at radius 1 is 0.842 bits per heavy atom. The van der Waals surface area contributed by atoms with Gasteiger partial charge in [0.25, 0.3) is 0 Å². The van der Waals surface area contributed by atoms with E-state index in [2.05, 4.69) is 24.4 Å². The third kappa shape index (κ3) is 12.3. The molecule has 0 radical (unpaired) electrons. The van der Waals surface area contributed by atoms with Crippen molar-refractivity contribution in [1.29, 1.82) is 0 Å². The fourth-order valence-corrected chi connectivity index (χ4v) is 4.50. The second-order valence-electron chi connectivity index (χ2n) is 10.2. The molecular weight excluding hydrogens is 486 g/mol. The second kappa shape index (κ2) is 19.1. The molecule has 38 heavy (non-hydrogen) atoms. The highest BCUT2D eigenvalue weighted by Gasteiger charge is 2.44. The van der Waals surface area contributed by atoms with Crippen LogP contribution in [0.2, 0.25) is 0 Å². The van der Waals surface area contributed by atoms with Gasteiger partial charge in [0, 0.05) is 12.1 Å². The summed E-state index contributed by atoms with van der Waals surface area (Å²) in [4.78, 5) is 12.2. The molecule has 1 heterocycles. The minimum atomic E-state index is -1.50. The average Bonchev–Trinajstić information content (AvgIpc) is 2.92. The Hall–Kier alpha value is -1.97. The molecule has 5 atom stereocenters. The molecular formula is C30H49NO7. The van der Waals surface area contributed by atoms with Crippen molar-refractivity contribution in [2.24, 2.45) is 0 Å². The summed E-state index contributed by atoms with van der Waals surface area (Å²) in [6, 6.07) is 6.58. The summed E-state index contributed by atoms with van der Waals surface area (Å²) in [5, 5.41) is 42.0. The molecule has 1 amide bonds. The van der Waals surface area contributed by atoms with Crippen LogP contribution in [0.3, 0.4) is 0 Å². The maximum absolute atomic E-state index is 12.2. The number of aliphatic hydroxyl groups is 4. The molecule has 2 rings (SSSR count). The van der Waals surface area contributed by atoms with Gasteiger partial charge in [0.2, 0.25) is 12.2 Å². The van der Waals surface area contributed by atoms with Crippen LogP contribution in [0.25, 0.3) is 0 Å². The van der Waals surface area contributed by atoms with Crippen molar-refractivity contribution in [2.75, 3.05) is 11.9 Å². The first kappa shape index (κ1) is 32.2. The van der Waals surface area contributed by atoms with E-state index in [0.29, 0.717) is 17.9 Å². The van der Waals surface area contributed by atoms with Crippen LogP contribution >= 0.6 is 0 Å². The van der Waals surface area contributed by atoms with Crippen LogP contribution in [0.15, 0.2) is 36.4 Å². The Labute approximate surface area is 228 Å². The summed E-state index contributed by atoms with van der Waals surface area (Å²) in [6.07, 6.45) is 14.3. The van der Waals surface area contributed by atoms with Crippen molar-refractivity contribution < 1.29 is 34.7 Å². The predicted molar refractivity (Wildman–Crippen MR) is 149 cm³/mol. The Kier molecular flexibility index (Phi) is 16.2. The van der Waals surface area contributed by atoms with Crippen LogP contribution in [-0.2, 0) is 9.53 Å². The Bertz CT molecular complexity index is 783. The van der Waals surface area contributed by atoms with Gasteiger partial charge < -0.3 is 35.2 Å². The van der Waals surface area contributed by atoms with Gasteiger partial charge in [-0.2, -0.15) is 0 Å². The molecule has 8 heteroatoms. The SMILES string of the molecule is CCCCCCCC/C=C/CCCCCCCC(=O)Nc1ccc(O[C@@H]2O[C@H](CO)[C@@H](O)[C@H](O)[C@H]2O)cc1. The number of hydrogen-bond donors (Lipinski definition) is 5. The van der Waals surface area contributed by atoms with Gasteiger partial charge in [-0.3, -0.25) is 4.79 Å². The number of allylic oxidation sites excluding steroid dienone is 2. The maximum Gasteiger partial charge on any atom is 0.229 e. The molecule has 0 unspecified atom stereocenters. The lowest BCUT2D eigenvalue weighted by molar-refractivity contribution is -0.277. The molecule has 1 aromatic carbocycles. The Balaban J connectivity index is 1.53. The minimum Gasteiger partial charge on any atom is -0.462 e. The smallest absolute Gasteiger partial charge is 0.229 e. The summed E-state index contributed by atoms with van der Waals surface area (Å²) in [6.45, 7) is 1.73. The third-order valence-corrected chi connectivity index (χ3v) is 6.90. The number of unbranched alkanes of at least 4 members (excludes halogenated alkanes) is 11. The highest BCUT2D eigenvalue weighted by atomic mass is 16.7. The first-order valence-corrected chi connectivity index (χ1v) is 14.5. The molecule has 1 saturated heterocycles. The number of nitrogens with one attached hydrogen (secondary N) is 1. The molecule has 1 aliphatic heterocycles. The van der Waals surface area contributed by atoms with Crippen LogP contribution in [0, 0.1) is 0 Å². The minimum absolute atomic E-state index is 0.0368. The Morgan fingerprint density at radius 2 is 1.42 bits per heavy atom. The lowest BCUT2D eigenvalue weighted by Crippen LogP contribution is -2.60. The molecule has 5 N–H and O–H groups in total. The van der Waals surface area contributed by atoms with Gasteiger partial charge in [0.05, 0.1) is 6.61 Å². The first-order valence-electron chi connectivity index (χ1n) is 14.5. The fourth-order valence-electron chi connectivity index (χ4n) is 4.50. The van der Waals surface area contributed by atoms with Crippen LogP contribution in [0.5, 0.6) is 5.75 Å². The van der Waals surface area contributed by atoms with Crippen molar-refractivity contribution >= 4 is 11.6 Å². The number of carbonyl (C=O) groups excluding carboxylic acids is 1. The van der Waals surface area contributed by atoms with Gasteiger partial charge in [0.15, 0.2) is 0 Å². The zero-order valence-corrected chi connectivity index (χ0v) is 23.0. The van der Waals surface area contributed by atoms with Gasteiger partial charge >= 0.3 is 0 Å². The summed E-state index contributed by atoms with van der Waals surface area (Å²) in [7, 11) is 0. The lowest BCUT2D eigenvalue weighted by Gasteiger charge is -2.39. The average molecular weight is 536 g/mol. The third-order valence-electron chi connectivity index (χ3n) is 6.90. The number of aliphatic hydroxyl groups excluding tert-OH is 4. The van der Waals surface area contributed by atoms with Crippen molar-refractivity contribution in [2.45, 2.75) is 128 Å². The van der Waals surface area contributed by atoms with E-state index in [1.165, 1.54) is 57.8 Å². The number of carbonyl (C=O) groups is 1. The molecule has 0 aliphatic carbocycles. The summed E-state index contributed by atoms with van der Waals surface area (Å²) in [5.41, 5.74) is 0.629. The molecule has 1 aromatic rings. The number of ether oxygens (including phenoxy) is 2. The van der Waals surface area contributed by atoms with Gasteiger partial charge in [-0.05, 0) is 56.4 Å². The molecule has 1 fully saturated rings. The standard InChI is InChI=1S/C30H49NO7/c1-2-3-4-5-6-7-8-9-10-11-12-13-14-15-16-17-26(33)31-23-18-20-24(21-19-23)37-30-29(36)28(35)27(34)25(22-32)38-30/h9-10,18-21,25,27-30,32,34-36H,2-8,11-17,22H2,1H3,(H,31,33)/b10-9+/t25-,27-,28+,29-,30-/m1/s1. The van der Waals surface area contributed by atoms with Gasteiger partial charge in [-0.15, -0.1) is 0 Å². The topological polar surface area (TPSA) is 128 Å². The zero-order chi connectivity index (χ0) is 27.6. The van der Waals surface area contributed by atoms with Crippen LogP contribution in [0.1, 0.15) is 96.8 Å². The molecule has 216 valence electrons. The van der Waals surface area contributed by atoms with Crippen LogP contribution in [0.4, 0.5) is 5.69 Å². The quantitative estimate of drug-likeness (QED) is 0.127. The summed E-state index contributed by atoms with van der Waals surface area (Å²) >= 11 is 0. The van der Waals surface area contributed by atoms with Crippen LogP contribution < -0.4 is 10.1 Å². The fraction of sp³-hybridized carbons (Fsp3) is 0.700. The first-order chi connectivity index (χ1) is 18.5. The van der Waals surface area contributed by atoms with Crippen molar-refractivity contribution in [1.82, 2.24) is 0 Å². The normalized spacial score (nSPS) is 23.6. The second-order valence-corrected chi connectivity index (χ2v) is 10.2. The Morgan fingerprint density at radius 3 is 2.03 bits per heavy atom. The monoisotopic (exact) mass is 535 g/mol. The number of hydrogen-bond acceptors (Lipinski definition) is 7. The molecule has 0 spiro atoms. The number of anilines is 1.